The van der Waals surface area contributed by atoms with Crippen molar-refractivity contribution in [1.29, 1.82) is 0 Å². The van der Waals surface area contributed by atoms with Gasteiger partial charge in [0.25, 0.3) is 5.56 Å². The zero-order valence-corrected chi connectivity index (χ0v) is 20.4. The normalized spacial score (nSPS) is 13.7. The SMILES string of the molecule is Cc1ccc(NC(=O)Cn2c(=O)n(CCCCC(=O)NC3CCCC3)c(=O)c3ccccc32)cc1F. The highest BCUT2D eigenvalue weighted by Gasteiger charge is 2.18. The molecule has 8 nitrogen and oxygen atoms in total. The number of rotatable bonds is 9. The molecule has 1 aromatic heterocycles. The average Bonchev–Trinajstić information content (AvgIpc) is 3.36. The Bertz CT molecular complexity index is 1390. The molecule has 1 aliphatic carbocycles. The minimum absolute atomic E-state index is 0.00520. The predicted molar refractivity (Wildman–Crippen MR) is 136 cm³/mol. The van der Waals surface area contributed by atoms with Crippen LogP contribution < -0.4 is 21.9 Å². The molecule has 36 heavy (non-hydrogen) atoms. The molecule has 0 spiro atoms. The number of aromatic nitrogens is 2. The van der Waals surface area contributed by atoms with Gasteiger partial charge in [-0.3, -0.25) is 23.5 Å². The third-order valence-corrected chi connectivity index (χ3v) is 6.65. The summed E-state index contributed by atoms with van der Waals surface area (Å²) in [6.07, 6.45) is 5.66. The molecule has 2 aromatic carbocycles. The van der Waals surface area contributed by atoms with Crippen LogP contribution in [0.3, 0.4) is 0 Å². The number of hydrogen-bond acceptors (Lipinski definition) is 4. The van der Waals surface area contributed by atoms with Gasteiger partial charge >= 0.3 is 5.69 Å². The van der Waals surface area contributed by atoms with E-state index in [0.717, 1.165) is 30.3 Å². The zero-order chi connectivity index (χ0) is 25.7. The van der Waals surface area contributed by atoms with Crippen LogP contribution in [0.5, 0.6) is 0 Å². The fourth-order valence-corrected chi connectivity index (χ4v) is 4.66. The lowest BCUT2D eigenvalue weighted by molar-refractivity contribution is -0.122. The number of nitrogens with one attached hydrogen (secondary N) is 2. The maximum atomic E-state index is 13.9. The third-order valence-electron chi connectivity index (χ3n) is 6.65. The molecule has 0 saturated heterocycles. The molecule has 4 rings (SSSR count). The first-order valence-corrected chi connectivity index (χ1v) is 12.4. The largest absolute Gasteiger partial charge is 0.353 e. The van der Waals surface area contributed by atoms with Crippen molar-refractivity contribution in [3.8, 4) is 0 Å². The molecule has 2 N–H and O–H groups in total. The molecule has 1 aliphatic rings. The minimum Gasteiger partial charge on any atom is -0.353 e. The van der Waals surface area contributed by atoms with Gasteiger partial charge in [-0.05, 0) is 62.4 Å². The van der Waals surface area contributed by atoms with Crippen LogP contribution in [0.2, 0.25) is 0 Å². The second kappa shape index (κ2) is 11.3. The van der Waals surface area contributed by atoms with E-state index >= 15 is 0 Å². The Morgan fingerprint density at radius 1 is 1.00 bits per heavy atom. The molecule has 0 atom stereocenters. The summed E-state index contributed by atoms with van der Waals surface area (Å²) in [6.45, 7) is 1.43. The summed E-state index contributed by atoms with van der Waals surface area (Å²) >= 11 is 0. The van der Waals surface area contributed by atoms with Gasteiger partial charge in [-0.1, -0.05) is 31.0 Å². The highest BCUT2D eigenvalue weighted by atomic mass is 19.1. The number of fused-ring (bicyclic) bond motifs is 1. The average molecular weight is 495 g/mol. The van der Waals surface area contributed by atoms with E-state index in [0.29, 0.717) is 35.7 Å². The molecular weight excluding hydrogens is 463 g/mol. The number of halogens is 1. The van der Waals surface area contributed by atoms with E-state index in [4.69, 9.17) is 0 Å². The standard InChI is InChI=1S/C27H31FN4O4/c1-18-13-14-20(16-22(18)28)30-25(34)17-32-23-11-5-4-10-21(23)26(35)31(27(32)36)15-7-6-12-24(33)29-19-8-2-3-9-19/h4-5,10-11,13-14,16,19H,2-3,6-9,12,15,17H2,1H3,(H,29,33)(H,30,34). The molecule has 9 heteroatoms. The summed E-state index contributed by atoms with van der Waals surface area (Å²) in [5, 5.41) is 5.97. The smallest absolute Gasteiger partial charge is 0.331 e. The monoisotopic (exact) mass is 494 g/mol. The van der Waals surface area contributed by atoms with Crippen LogP contribution in [0, 0.1) is 12.7 Å². The summed E-state index contributed by atoms with van der Waals surface area (Å²) in [7, 11) is 0. The summed E-state index contributed by atoms with van der Waals surface area (Å²) < 4.78 is 16.2. The number of hydrogen-bond donors (Lipinski definition) is 2. The van der Waals surface area contributed by atoms with Crippen molar-refractivity contribution < 1.29 is 14.0 Å². The van der Waals surface area contributed by atoms with Crippen LogP contribution in [-0.2, 0) is 22.7 Å². The number of unbranched alkanes of at least 4 members (excludes halogenated alkanes) is 1. The Kier molecular flexibility index (Phi) is 7.97. The van der Waals surface area contributed by atoms with Crippen LogP contribution in [-0.4, -0.2) is 27.0 Å². The number of benzene rings is 2. The molecule has 0 unspecified atom stereocenters. The second-order valence-corrected chi connectivity index (χ2v) is 9.36. The Balaban J connectivity index is 1.48. The van der Waals surface area contributed by atoms with Gasteiger partial charge in [0.05, 0.1) is 10.9 Å². The lowest BCUT2D eigenvalue weighted by Gasteiger charge is -2.15. The minimum atomic E-state index is -0.598. The molecule has 3 aromatic rings. The van der Waals surface area contributed by atoms with Gasteiger partial charge in [0.2, 0.25) is 11.8 Å². The number of nitrogens with zero attached hydrogens (tertiary/aromatic N) is 2. The van der Waals surface area contributed by atoms with Crippen LogP contribution in [0.1, 0.15) is 50.5 Å². The molecule has 2 amide bonds. The fraction of sp³-hybridized carbons (Fsp3) is 0.407. The lowest BCUT2D eigenvalue weighted by Crippen LogP contribution is -2.41. The highest BCUT2D eigenvalue weighted by Crippen LogP contribution is 2.18. The molecule has 1 saturated carbocycles. The van der Waals surface area contributed by atoms with Crippen molar-refractivity contribution in [2.75, 3.05) is 5.32 Å². The molecule has 190 valence electrons. The number of aryl methyl sites for hydroxylation is 1. The van der Waals surface area contributed by atoms with Crippen LogP contribution >= 0.6 is 0 Å². The van der Waals surface area contributed by atoms with Crippen molar-refractivity contribution >= 4 is 28.4 Å². The lowest BCUT2D eigenvalue weighted by atomic mass is 10.2. The van der Waals surface area contributed by atoms with Crippen molar-refractivity contribution in [2.24, 2.45) is 0 Å². The second-order valence-electron chi connectivity index (χ2n) is 9.36. The van der Waals surface area contributed by atoms with Gasteiger partial charge in [0, 0.05) is 24.7 Å². The van der Waals surface area contributed by atoms with Gasteiger partial charge in [0.1, 0.15) is 12.4 Å². The van der Waals surface area contributed by atoms with E-state index in [1.54, 1.807) is 43.3 Å². The number of amides is 2. The first-order valence-electron chi connectivity index (χ1n) is 12.4. The van der Waals surface area contributed by atoms with Gasteiger partial charge in [-0.2, -0.15) is 0 Å². The Morgan fingerprint density at radius 3 is 2.50 bits per heavy atom. The Hall–Kier alpha value is -3.75. The van der Waals surface area contributed by atoms with Crippen LogP contribution in [0.4, 0.5) is 10.1 Å². The number of carbonyl (C=O) groups excluding carboxylic acids is 2. The van der Waals surface area contributed by atoms with E-state index in [1.165, 1.54) is 10.6 Å². The van der Waals surface area contributed by atoms with Gasteiger partial charge in [-0.25, -0.2) is 9.18 Å². The van der Waals surface area contributed by atoms with Crippen LogP contribution in [0.25, 0.3) is 10.9 Å². The molecule has 0 bridgehead atoms. The predicted octanol–water partition coefficient (Wildman–Crippen LogP) is 3.48. The molecule has 1 fully saturated rings. The number of carbonyl (C=O) groups is 2. The number of para-hydroxylation sites is 1. The number of anilines is 1. The first-order chi connectivity index (χ1) is 17.3. The molecule has 0 aliphatic heterocycles. The van der Waals surface area contributed by atoms with Gasteiger partial charge in [0.15, 0.2) is 0 Å². The Morgan fingerprint density at radius 2 is 1.75 bits per heavy atom. The third kappa shape index (κ3) is 5.90. The van der Waals surface area contributed by atoms with Crippen LogP contribution in [0.15, 0.2) is 52.1 Å². The van der Waals surface area contributed by atoms with E-state index in [-0.39, 0.29) is 30.7 Å². The Labute approximate surface area is 208 Å². The van der Waals surface area contributed by atoms with Crippen molar-refractivity contribution in [2.45, 2.75) is 71.0 Å². The van der Waals surface area contributed by atoms with E-state index in [2.05, 4.69) is 10.6 Å². The zero-order valence-electron chi connectivity index (χ0n) is 20.4. The van der Waals surface area contributed by atoms with Gasteiger partial charge < -0.3 is 10.6 Å². The van der Waals surface area contributed by atoms with Gasteiger partial charge in [-0.15, -0.1) is 0 Å². The molecular formula is C27H31FN4O4. The maximum Gasteiger partial charge on any atom is 0.331 e. The topological polar surface area (TPSA) is 102 Å². The fourth-order valence-electron chi connectivity index (χ4n) is 4.66. The summed E-state index contributed by atoms with van der Waals surface area (Å²) in [5.41, 5.74) is 0.0653. The molecule has 1 heterocycles. The van der Waals surface area contributed by atoms with Crippen molar-refractivity contribution in [3.63, 3.8) is 0 Å². The van der Waals surface area contributed by atoms with Crippen molar-refractivity contribution in [3.05, 3.63) is 74.7 Å². The van der Waals surface area contributed by atoms with Crippen molar-refractivity contribution in [1.82, 2.24) is 14.5 Å². The summed E-state index contributed by atoms with van der Waals surface area (Å²) in [6, 6.07) is 11.2. The summed E-state index contributed by atoms with van der Waals surface area (Å²) in [4.78, 5) is 51.2. The maximum absolute atomic E-state index is 13.9. The quantitative estimate of drug-likeness (QED) is 0.445. The van der Waals surface area contributed by atoms with E-state index < -0.39 is 23.0 Å². The first kappa shape index (κ1) is 25.3. The molecule has 0 radical (unpaired) electrons. The highest BCUT2D eigenvalue weighted by molar-refractivity contribution is 5.91. The van der Waals surface area contributed by atoms with E-state index in [9.17, 15) is 23.6 Å². The van der Waals surface area contributed by atoms with E-state index in [1.807, 2.05) is 0 Å². The summed E-state index contributed by atoms with van der Waals surface area (Å²) in [5.74, 6) is -0.963.